The van der Waals surface area contributed by atoms with Crippen LogP contribution in [0.1, 0.15) is 0 Å². The summed E-state index contributed by atoms with van der Waals surface area (Å²) in [5, 5.41) is 0.837. The number of benzene rings is 2. The first-order chi connectivity index (χ1) is 10.6. The highest BCUT2D eigenvalue weighted by Crippen LogP contribution is 2.29. The quantitative estimate of drug-likeness (QED) is 0.506. The molecule has 0 saturated carbocycles. The Morgan fingerprint density at radius 2 is 1.77 bits per heavy atom. The van der Waals surface area contributed by atoms with Crippen molar-refractivity contribution in [3.8, 4) is 11.1 Å². The largest absolute Gasteiger partial charge is 0.378 e. The van der Waals surface area contributed by atoms with Crippen molar-refractivity contribution in [1.82, 2.24) is 9.97 Å². The van der Waals surface area contributed by atoms with E-state index in [0.717, 1.165) is 27.7 Å². The predicted molar refractivity (Wildman–Crippen MR) is 91.5 cm³/mol. The molecule has 112 valence electrons. The lowest BCUT2D eigenvalue weighted by molar-refractivity contribution is 1.13. The number of nitrogens with one attached hydrogen (secondary N) is 1. The van der Waals surface area contributed by atoms with Crippen molar-refractivity contribution in [2.45, 2.75) is 0 Å². The van der Waals surface area contributed by atoms with Crippen LogP contribution in [0.5, 0.6) is 0 Å². The van der Waals surface area contributed by atoms with Gasteiger partial charge in [0.2, 0.25) is 5.95 Å². The molecule has 2 aromatic carbocycles. The molecule has 0 radical (unpaired) electrons. The average Bonchev–Trinajstić information content (AvgIpc) is 2.53. The van der Waals surface area contributed by atoms with Gasteiger partial charge in [-0.2, -0.15) is 4.98 Å². The maximum atomic E-state index is 5.68. The van der Waals surface area contributed by atoms with Gasteiger partial charge in [-0.15, -0.1) is 0 Å². The van der Waals surface area contributed by atoms with E-state index in [1.165, 1.54) is 0 Å². The molecule has 0 atom stereocenters. The SMILES string of the molecule is CN(C)c1cccc(-c2ccc3nc(N)nc(NN)c3c2)c1. The molecule has 0 unspecified atom stereocenters. The molecule has 0 amide bonds. The van der Waals surface area contributed by atoms with Crippen LogP contribution in [0.4, 0.5) is 17.5 Å². The maximum Gasteiger partial charge on any atom is 0.222 e. The molecule has 5 N–H and O–H groups in total. The number of anilines is 3. The number of rotatable bonds is 3. The van der Waals surface area contributed by atoms with E-state index in [2.05, 4.69) is 38.5 Å². The molecule has 0 aliphatic heterocycles. The van der Waals surface area contributed by atoms with E-state index >= 15 is 0 Å². The van der Waals surface area contributed by atoms with E-state index in [9.17, 15) is 0 Å². The molecule has 0 fully saturated rings. The second kappa shape index (κ2) is 5.50. The van der Waals surface area contributed by atoms with E-state index < -0.39 is 0 Å². The van der Waals surface area contributed by atoms with Crippen LogP contribution in [0.25, 0.3) is 22.0 Å². The first-order valence-electron chi connectivity index (χ1n) is 6.90. The summed E-state index contributed by atoms with van der Waals surface area (Å²) < 4.78 is 0. The molecule has 22 heavy (non-hydrogen) atoms. The lowest BCUT2D eigenvalue weighted by Gasteiger charge is -2.14. The van der Waals surface area contributed by atoms with Crippen LogP contribution in [0.2, 0.25) is 0 Å². The topological polar surface area (TPSA) is 93.1 Å². The standard InChI is InChI=1S/C16H18N6/c1-22(2)12-5-3-4-10(8-12)11-6-7-14-13(9-11)15(21-18)20-16(17)19-14/h3-9H,18H2,1-2H3,(H3,17,19,20,21). The number of nitrogens with two attached hydrogens (primary N) is 2. The van der Waals surface area contributed by atoms with Gasteiger partial charge >= 0.3 is 0 Å². The smallest absolute Gasteiger partial charge is 0.222 e. The molecule has 6 heteroatoms. The highest BCUT2D eigenvalue weighted by Gasteiger charge is 2.08. The zero-order chi connectivity index (χ0) is 15.7. The number of nitrogen functional groups attached to an aromatic ring is 2. The second-order valence-corrected chi connectivity index (χ2v) is 5.25. The highest BCUT2D eigenvalue weighted by molar-refractivity contribution is 5.93. The Balaban J connectivity index is 2.16. The molecule has 0 spiro atoms. The van der Waals surface area contributed by atoms with Gasteiger partial charge in [-0.1, -0.05) is 18.2 Å². The van der Waals surface area contributed by atoms with Crippen molar-refractivity contribution in [2.24, 2.45) is 5.84 Å². The van der Waals surface area contributed by atoms with E-state index in [4.69, 9.17) is 11.6 Å². The molecular weight excluding hydrogens is 276 g/mol. The van der Waals surface area contributed by atoms with Gasteiger partial charge in [0.1, 0.15) is 0 Å². The first kappa shape index (κ1) is 14.1. The van der Waals surface area contributed by atoms with Crippen LogP contribution in [0.15, 0.2) is 42.5 Å². The van der Waals surface area contributed by atoms with Crippen LogP contribution in [-0.2, 0) is 0 Å². The Morgan fingerprint density at radius 3 is 2.50 bits per heavy atom. The fraction of sp³-hybridized carbons (Fsp3) is 0.125. The van der Waals surface area contributed by atoms with Gasteiger partial charge in [0, 0.05) is 25.2 Å². The highest BCUT2D eigenvalue weighted by atomic mass is 15.3. The lowest BCUT2D eigenvalue weighted by atomic mass is 10.0. The summed E-state index contributed by atoms with van der Waals surface area (Å²) in [6, 6.07) is 14.3. The monoisotopic (exact) mass is 294 g/mol. The maximum absolute atomic E-state index is 5.68. The molecule has 0 bridgehead atoms. The molecule has 1 heterocycles. The summed E-state index contributed by atoms with van der Waals surface area (Å²) in [6.07, 6.45) is 0. The minimum Gasteiger partial charge on any atom is -0.378 e. The van der Waals surface area contributed by atoms with Crippen molar-refractivity contribution < 1.29 is 0 Å². The third-order valence-corrected chi connectivity index (χ3v) is 3.55. The first-order valence-corrected chi connectivity index (χ1v) is 6.90. The summed E-state index contributed by atoms with van der Waals surface area (Å²) in [4.78, 5) is 10.4. The van der Waals surface area contributed by atoms with Crippen molar-refractivity contribution in [2.75, 3.05) is 30.2 Å². The summed E-state index contributed by atoms with van der Waals surface area (Å²) in [7, 11) is 4.04. The summed E-state index contributed by atoms with van der Waals surface area (Å²) >= 11 is 0. The van der Waals surface area contributed by atoms with Crippen molar-refractivity contribution in [1.29, 1.82) is 0 Å². The van der Waals surface area contributed by atoms with E-state index in [1.54, 1.807) is 0 Å². The lowest BCUT2D eigenvalue weighted by Crippen LogP contribution is -2.11. The fourth-order valence-corrected chi connectivity index (χ4v) is 2.40. The van der Waals surface area contributed by atoms with E-state index in [1.807, 2.05) is 38.4 Å². The Labute approximate surface area is 128 Å². The van der Waals surface area contributed by atoms with Gasteiger partial charge in [0.25, 0.3) is 0 Å². The van der Waals surface area contributed by atoms with E-state index in [0.29, 0.717) is 5.82 Å². The van der Waals surface area contributed by atoms with Crippen LogP contribution in [0.3, 0.4) is 0 Å². The van der Waals surface area contributed by atoms with Gasteiger partial charge < -0.3 is 16.1 Å². The number of nitrogens with zero attached hydrogens (tertiary/aromatic N) is 3. The molecule has 0 aliphatic carbocycles. The third-order valence-electron chi connectivity index (χ3n) is 3.55. The van der Waals surface area contributed by atoms with Crippen molar-refractivity contribution in [3.05, 3.63) is 42.5 Å². The average molecular weight is 294 g/mol. The van der Waals surface area contributed by atoms with E-state index in [-0.39, 0.29) is 5.95 Å². The third kappa shape index (κ3) is 2.51. The number of hydrogen-bond donors (Lipinski definition) is 3. The molecule has 3 rings (SSSR count). The number of aromatic nitrogens is 2. The predicted octanol–water partition coefficient (Wildman–Crippen LogP) is 2.23. The van der Waals surface area contributed by atoms with Gasteiger partial charge in [0.05, 0.1) is 5.52 Å². The van der Waals surface area contributed by atoms with Crippen LogP contribution < -0.4 is 21.9 Å². The Kier molecular flexibility index (Phi) is 3.52. The Hall–Kier alpha value is -2.86. The summed E-state index contributed by atoms with van der Waals surface area (Å²) in [6.45, 7) is 0. The molecule has 6 nitrogen and oxygen atoms in total. The Morgan fingerprint density at radius 1 is 1.00 bits per heavy atom. The summed E-state index contributed by atoms with van der Waals surface area (Å²) in [5.41, 5.74) is 12.3. The number of hydrazine groups is 1. The van der Waals surface area contributed by atoms with Crippen LogP contribution >= 0.6 is 0 Å². The normalized spacial score (nSPS) is 10.7. The van der Waals surface area contributed by atoms with Gasteiger partial charge in [0.15, 0.2) is 5.82 Å². The molecule has 3 aromatic rings. The van der Waals surface area contributed by atoms with Gasteiger partial charge in [-0.05, 0) is 35.4 Å². The fourth-order valence-electron chi connectivity index (χ4n) is 2.40. The zero-order valence-corrected chi connectivity index (χ0v) is 12.5. The minimum atomic E-state index is 0.197. The molecule has 0 saturated heterocycles. The van der Waals surface area contributed by atoms with Crippen LogP contribution in [-0.4, -0.2) is 24.1 Å². The number of hydrogen-bond acceptors (Lipinski definition) is 6. The van der Waals surface area contributed by atoms with Crippen LogP contribution in [0, 0.1) is 0 Å². The molecule has 0 aliphatic rings. The van der Waals surface area contributed by atoms with Gasteiger partial charge in [-0.25, -0.2) is 10.8 Å². The zero-order valence-electron chi connectivity index (χ0n) is 12.5. The molecular formula is C16H18N6. The number of fused-ring (bicyclic) bond motifs is 1. The summed E-state index contributed by atoms with van der Waals surface area (Å²) in [5.74, 6) is 6.25. The molecule has 1 aromatic heterocycles. The Bertz CT molecular complexity index is 828. The van der Waals surface area contributed by atoms with Crippen molar-refractivity contribution in [3.63, 3.8) is 0 Å². The van der Waals surface area contributed by atoms with Crippen molar-refractivity contribution >= 4 is 28.4 Å². The second-order valence-electron chi connectivity index (χ2n) is 5.25. The minimum absolute atomic E-state index is 0.197. The van der Waals surface area contributed by atoms with Gasteiger partial charge in [-0.3, -0.25) is 0 Å².